The molecule has 0 bridgehead atoms. The molecule has 30 heavy (non-hydrogen) atoms. The molecule has 0 atom stereocenters. The Bertz CT molecular complexity index is 1400. The van der Waals surface area contributed by atoms with E-state index in [2.05, 4.69) is 0 Å². The van der Waals surface area contributed by atoms with E-state index in [1.54, 1.807) is 0 Å². The first-order valence-corrected chi connectivity index (χ1v) is 7.85. The summed E-state index contributed by atoms with van der Waals surface area (Å²) in [5.74, 6) is 0. The van der Waals surface area contributed by atoms with E-state index in [-0.39, 0.29) is 0 Å². The first kappa shape index (κ1) is 20.5. The van der Waals surface area contributed by atoms with Gasteiger partial charge in [-0.25, -0.2) is 0 Å². The molecule has 4 nitrogen and oxygen atoms in total. The molecule has 0 radical (unpaired) electrons. The van der Waals surface area contributed by atoms with Crippen LogP contribution < -0.4 is 0 Å². The molecule has 0 saturated heterocycles. The van der Waals surface area contributed by atoms with E-state index in [1.165, 1.54) is 24.3 Å². The molecule has 0 amide bonds. The van der Waals surface area contributed by atoms with Gasteiger partial charge >= 0.3 is 12.4 Å². The fourth-order valence-electron chi connectivity index (χ4n) is 3.39. The fraction of sp³-hybridized carbons (Fsp3) is 0.100. The number of nitriles is 4. The molecule has 0 heterocycles. The summed E-state index contributed by atoms with van der Waals surface area (Å²) in [4.78, 5) is 0. The van der Waals surface area contributed by atoms with Crippen molar-refractivity contribution in [2.45, 2.75) is 12.4 Å². The second-order valence-electron chi connectivity index (χ2n) is 6.02. The fourth-order valence-corrected chi connectivity index (χ4v) is 3.39. The van der Waals surface area contributed by atoms with E-state index in [0.717, 1.165) is 18.2 Å². The smallest absolute Gasteiger partial charge is 0.192 e. The second kappa shape index (κ2) is 6.65. The van der Waals surface area contributed by atoms with Crippen LogP contribution in [0.15, 0.2) is 24.3 Å². The van der Waals surface area contributed by atoms with Crippen molar-refractivity contribution in [3.63, 3.8) is 0 Å². The average molecular weight is 414 g/mol. The molecule has 0 aliphatic heterocycles. The van der Waals surface area contributed by atoms with Crippen molar-refractivity contribution >= 4 is 21.5 Å². The van der Waals surface area contributed by atoms with Crippen LogP contribution in [0.2, 0.25) is 0 Å². The lowest BCUT2D eigenvalue weighted by atomic mass is 9.84. The zero-order chi connectivity index (χ0) is 22.4. The van der Waals surface area contributed by atoms with E-state index >= 15 is 0 Å². The number of fused-ring (bicyclic) bond motifs is 2. The quantitative estimate of drug-likeness (QED) is 0.358. The van der Waals surface area contributed by atoms with E-state index in [9.17, 15) is 47.4 Å². The monoisotopic (exact) mass is 414 g/mol. The molecule has 3 aromatic rings. The molecule has 0 saturated carbocycles. The molecule has 0 aliphatic rings. The van der Waals surface area contributed by atoms with Gasteiger partial charge in [-0.2, -0.15) is 47.4 Å². The van der Waals surface area contributed by atoms with E-state index in [4.69, 9.17) is 0 Å². The molecule has 0 spiro atoms. The van der Waals surface area contributed by atoms with Gasteiger partial charge in [-0.05, 0) is 17.5 Å². The average Bonchev–Trinajstić information content (AvgIpc) is 2.67. The third-order valence-electron chi connectivity index (χ3n) is 4.47. The maximum atomic E-state index is 14.1. The summed E-state index contributed by atoms with van der Waals surface area (Å²) in [6, 6.07) is 9.11. The van der Waals surface area contributed by atoms with Crippen LogP contribution in [0.25, 0.3) is 21.5 Å². The third kappa shape index (κ3) is 2.83. The van der Waals surface area contributed by atoms with E-state index in [0.29, 0.717) is 6.07 Å². The summed E-state index contributed by atoms with van der Waals surface area (Å²) in [7, 11) is 0. The first-order valence-electron chi connectivity index (χ1n) is 7.85. The summed E-state index contributed by atoms with van der Waals surface area (Å²) < 4.78 is 82.7. The van der Waals surface area contributed by atoms with Gasteiger partial charge in [0.25, 0.3) is 0 Å². The minimum atomic E-state index is -5.38. The Hall–Kier alpha value is -4.28. The lowest BCUT2D eigenvalue weighted by Gasteiger charge is -2.20. The predicted molar refractivity (Wildman–Crippen MR) is 90.3 cm³/mol. The highest BCUT2D eigenvalue weighted by Gasteiger charge is 2.42. The van der Waals surface area contributed by atoms with Crippen LogP contribution in [-0.4, -0.2) is 0 Å². The number of nitrogens with zero attached hydrogens (tertiary/aromatic N) is 4. The number of benzene rings is 3. The zero-order valence-corrected chi connectivity index (χ0v) is 14.4. The SMILES string of the molecule is N#Cc1c(C#N)c(C#N)c2c(C(F)(F)F)c3c(C(F)(F)F)cccc3cc2c1C#N. The minimum absolute atomic E-state index is 0.468. The van der Waals surface area contributed by atoms with Gasteiger partial charge in [0, 0.05) is 16.2 Å². The van der Waals surface area contributed by atoms with Gasteiger partial charge in [-0.15, -0.1) is 0 Å². The Morgan fingerprint density at radius 3 is 1.63 bits per heavy atom. The minimum Gasteiger partial charge on any atom is -0.192 e. The van der Waals surface area contributed by atoms with Crippen LogP contribution in [-0.2, 0) is 12.4 Å². The van der Waals surface area contributed by atoms with Gasteiger partial charge in [-0.3, -0.25) is 0 Å². The predicted octanol–water partition coefficient (Wildman–Crippen LogP) is 5.52. The molecule has 0 unspecified atom stereocenters. The zero-order valence-electron chi connectivity index (χ0n) is 14.4. The molecule has 0 aromatic heterocycles. The van der Waals surface area contributed by atoms with E-state index < -0.39 is 67.3 Å². The normalized spacial score (nSPS) is 11.5. The number of alkyl halides is 6. The third-order valence-corrected chi connectivity index (χ3v) is 4.47. The molecule has 3 aromatic carbocycles. The number of rotatable bonds is 0. The van der Waals surface area contributed by atoms with Crippen molar-refractivity contribution < 1.29 is 26.3 Å². The summed E-state index contributed by atoms with van der Waals surface area (Å²) in [6.07, 6.45) is -10.5. The Balaban J connectivity index is 2.88. The van der Waals surface area contributed by atoms with Gasteiger partial charge in [0.2, 0.25) is 0 Å². The summed E-state index contributed by atoms with van der Waals surface area (Å²) >= 11 is 0. The number of hydrogen-bond acceptors (Lipinski definition) is 4. The van der Waals surface area contributed by atoms with E-state index in [1.807, 2.05) is 0 Å². The number of halogens is 6. The van der Waals surface area contributed by atoms with Crippen LogP contribution in [0, 0.1) is 45.3 Å². The molecule has 10 heteroatoms. The molecule has 0 fully saturated rings. The van der Waals surface area contributed by atoms with Gasteiger partial charge in [0.1, 0.15) is 24.3 Å². The lowest BCUT2D eigenvalue weighted by molar-refractivity contribution is -0.139. The molecule has 0 N–H and O–H groups in total. The highest BCUT2D eigenvalue weighted by molar-refractivity contribution is 6.09. The highest BCUT2D eigenvalue weighted by atomic mass is 19.4. The van der Waals surface area contributed by atoms with Crippen LogP contribution >= 0.6 is 0 Å². The second-order valence-corrected chi connectivity index (χ2v) is 6.02. The molecule has 0 aliphatic carbocycles. The van der Waals surface area contributed by atoms with Gasteiger partial charge in [0.15, 0.2) is 0 Å². The molecule has 3 rings (SSSR count). The summed E-state index contributed by atoms with van der Waals surface area (Å²) in [5, 5.41) is 34.2. The van der Waals surface area contributed by atoms with Gasteiger partial charge in [-0.1, -0.05) is 12.1 Å². The molecular weight excluding hydrogens is 410 g/mol. The van der Waals surface area contributed by atoms with Crippen molar-refractivity contribution in [1.29, 1.82) is 21.0 Å². The Morgan fingerprint density at radius 1 is 0.633 bits per heavy atom. The topological polar surface area (TPSA) is 95.2 Å². The van der Waals surface area contributed by atoms with Crippen LogP contribution in [0.1, 0.15) is 33.4 Å². The Morgan fingerprint density at radius 2 is 1.17 bits per heavy atom. The van der Waals surface area contributed by atoms with Crippen LogP contribution in [0.5, 0.6) is 0 Å². The summed E-state index contributed by atoms with van der Waals surface area (Å²) in [6.45, 7) is 0. The van der Waals surface area contributed by atoms with Crippen molar-refractivity contribution in [2.24, 2.45) is 0 Å². The Kier molecular flexibility index (Phi) is 4.54. The van der Waals surface area contributed by atoms with Crippen molar-refractivity contribution in [2.75, 3.05) is 0 Å². The Labute approximate surface area is 164 Å². The maximum Gasteiger partial charge on any atom is 0.417 e. The first-order chi connectivity index (χ1) is 14.0. The van der Waals surface area contributed by atoms with Gasteiger partial charge in [0.05, 0.1) is 33.4 Å². The molecular formula is C20H4F6N4. The standard InChI is InChI=1S/C20H4F6N4/c21-19(22,23)15-3-1-2-9-4-10-11(5-27)12(6-28)13(7-29)14(8-30)17(10)18(16(9)15)20(24,25)26/h1-4H. The van der Waals surface area contributed by atoms with Crippen molar-refractivity contribution in [3.05, 3.63) is 57.6 Å². The highest BCUT2D eigenvalue weighted by Crippen LogP contribution is 2.47. The maximum absolute atomic E-state index is 14.1. The summed E-state index contributed by atoms with van der Waals surface area (Å²) in [5.41, 5.74) is -6.36. The van der Waals surface area contributed by atoms with Crippen molar-refractivity contribution in [3.8, 4) is 24.3 Å². The molecule has 146 valence electrons. The largest absolute Gasteiger partial charge is 0.417 e. The van der Waals surface area contributed by atoms with Crippen LogP contribution in [0.3, 0.4) is 0 Å². The van der Waals surface area contributed by atoms with Crippen LogP contribution in [0.4, 0.5) is 26.3 Å². The van der Waals surface area contributed by atoms with Crippen molar-refractivity contribution in [1.82, 2.24) is 0 Å². The van der Waals surface area contributed by atoms with Gasteiger partial charge < -0.3 is 0 Å². The lowest BCUT2D eigenvalue weighted by Crippen LogP contribution is -2.14. The number of hydrogen-bond donors (Lipinski definition) is 0.